The summed E-state index contributed by atoms with van der Waals surface area (Å²) in [5.41, 5.74) is 13.9. The molecule has 0 spiro atoms. The van der Waals surface area contributed by atoms with Crippen LogP contribution in [0.3, 0.4) is 0 Å². The van der Waals surface area contributed by atoms with Crippen molar-refractivity contribution in [2.24, 2.45) is 0 Å². The van der Waals surface area contributed by atoms with E-state index in [1.54, 1.807) is 0 Å². The zero-order valence-electron chi connectivity index (χ0n) is 32.1. The van der Waals surface area contributed by atoms with Gasteiger partial charge in [-0.3, -0.25) is 0 Å². The van der Waals surface area contributed by atoms with Gasteiger partial charge in [-0.2, -0.15) is 0 Å². The van der Waals surface area contributed by atoms with E-state index >= 15 is 0 Å². The minimum atomic E-state index is -0.0840. The van der Waals surface area contributed by atoms with Crippen molar-refractivity contribution in [1.29, 1.82) is 0 Å². The van der Waals surface area contributed by atoms with E-state index in [0.717, 1.165) is 6.42 Å². The molecule has 4 aromatic carbocycles. The molecule has 4 aromatic rings. The Balaban J connectivity index is 0.00000281. The third kappa shape index (κ3) is 7.54. The van der Waals surface area contributed by atoms with E-state index in [2.05, 4.69) is 174 Å². The van der Waals surface area contributed by atoms with E-state index in [0.29, 0.717) is 0 Å². The number of hydrogen-bond acceptors (Lipinski definition) is 0. The second kappa shape index (κ2) is 14.2. The first kappa shape index (κ1) is 40.3. The summed E-state index contributed by atoms with van der Waals surface area (Å²) in [7, 11) is 0. The second-order valence-electron chi connectivity index (χ2n) is 18.1. The molecule has 3 heteroatoms. The van der Waals surface area contributed by atoms with Crippen LogP contribution in [0.5, 0.6) is 0 Å². The van der Waals surface area contributed by atoms with Crippen LogP contribution in [0.1, 0.15) is 134 Å². The Morgan fingerprint density at radius 2 is 1.00 bits per heavy atom. The van der Waals surface area contributed by atoms with Crippen molar-refractivity contribution in [2.75, 3.05) is 0 Å². The Labute approximate surface area is 329 Å². The quantitative estimate of drug-likeness (QED) is 0.281. The van der Waals surface area contributed by atoms with E-state index < -0.39 is 0 Å². The van der Waals surface area contributed by atoms with Crippen molar-refractivity contribution < 1.29 is 49.5 Å². The molecule has 0 amide bonds. The third-order valence-electron chi connectivity index (χ3n) is 10.3. The van der Waals surface area contributed by atoms with Gasteiger partial charge in [0.05, 0.1) is 0 Å². The topological polar surface area (TPSA) is 0 Å². The summed E-state index contributed by atoms with van der Waals surface area (Å²) >= 11 is 1.46. The molecule has 0 nitrogen and oxygen atoms in total. The van der Waals surface area contributed by atoms with Gasteiger partial charge in [0, 0.05) is 0 Å². The molecule has 50 heavy (non-hydrogen) atoms. The molecule has 0 radical (unpaired) electrons. The van der Waals surface area contributed by atoms with Crippen LogP contribution in [0.2, 0.25) is 0 Å². The predicted octanol–water partition coefficient (Wildman–Crippen LogP) is 4.78. The summed E-state index contributed by atoms with van der Waals surface area (Å²) in [6, 6.07) is 28.8. The number of fused-ring (bicyclic) bond motifs is 2. The molecule has 0 saturated carbocycles. The summed E-state index contributed by atoms with van der Waals surface area (Å²) in [6.45, 7) is 28.0. The molecule has 0 unspecified atom stereocenters. The fourth-order valence-electron chi connectivity index (χ4n) is 7.28. The summed E-state index contributed by atoms with van der Waals surface area (Å²) in [5.74, 6) is 0. The molecular weight excluding hydrogens is 727 g/mol. The molecule has 0 N–H and O–H groups in total. The molecule has 2 aliphatic carbocycles. The maximum Gasteiger partial charge on any atom is -1.00 e. The van der Waals surface area contributed by atoms with Gasteiger partial charge in [-0.05, 0) is 0 Å². The monoisotopic (exact) mass is 777 g/mol. The van der Waals surface area contributed by atoms with Crippen LogP contribution in [0, 0.1) is 10.4 Å². The largest absolute Gasteiger partial charge is 1.00 e. The van der Waals surface area contributed by atoms with Crippen LogP contribution < -0.4 is 35.3 Å². The zero-order chi connectivity index (χ0) is 35.0. The first-order chi connectivity index (χ1) is 22.3. The van der Waals surface area contributed by atoms with Gasteiger partial charge in [0.1, 0.15) is 0 Å². The molecule has 0 atom stereocenters. The normalized spacial score (nSPS) is 14.1. The molecule has 0 saturated heterocycles. The van der Waals surface area contributed by atoms with Gasteiger partial charge in [0.2, 0.25) is 0 Å². The average Bonchev–Trinajstić information content (AvgIpc) is 3.62. The zero-order valence-corrected chi connectivity index (χ0v) is 36.1. The number of benzene rings is 4. The first-order valence-electron chi connectivity index (χ1n) is 17.7. The van der Waals surface area contributed by atoms with Gasteiger partial charge in [-0.1, -0.05) is 0 Å². The number of rotatable bonds is 3. The summed E-state index contributed by atoms with van der Waals surface area (Å²) in [6.07, 6.45) is 7.92. The van der Waals surface area contributed by atoms with E-state index in [-0.39, 0.29) is 46.5 Å². The van der Waals surface area contributed by atoms with Gasteiger partial charge in [0.25, 0.3) is 0 Å². The van der Waals surface area contributed by atoms with Crippen LogP contribution in [0.25, 0.3) is 14.4 Å². The van der Waals surface area contributed by atoms with Crippen LogP contribution >= 0.6 is 0 Å². The van der Waals surface area contributed by atoms with Crippen LogP contribution in [-0.4, -0.2) is 0 Å². The number of halogens is 2. The average molecular weight is 780 g/mol. The van der Waals surface area contributed by atoms with Crippen molar-refractivity contribution in [3.63, 3.8) is 0 Å². The third-order valence-corrected chi connectivity index (χ3v) is 11.5. The summed E-state index contributed by atoms with van der Waals surface area (Å²) < 4.78 is 1.47. The number of hydrogen-bond donors (Lipinski definition) is 0. The fourth-order valence-corrected chi connectivity index (χ4v) is 8.45. The van der Waals surface area contributed by atoms with Crippen molar-refractivity contribution in [2.45, 2.75) is 111 Å². The Kier molecular flexibility index (Phi) is 11.4. The van der Waals surface area contributed by atoms with E-state index in [1.807, 2.05) is 0 Å². The summed E-state index contributed by atoms with van der Waals surface area (Å²) in [5, 5.41) is 5.61. The molecule has 0 aliphatic heterocycles. The number of allylic oxidation sites excluding steroid dienone is 4. The molecule has 0 fully saturated rings. The fraction of sp³-hybridized carbons (Fsp3) is 0.362. The van der Waals surface area contributed by atoms with E-state index in [4.69, 9.17) is 0 Å². The standard InChI is InChI=1S/C47H53.2ClH.Zr/c1-44(2,3)34-22-17-31(18-23-34)41(32-19-24-35(25-20-32)45(4,5)6)43-40(47(10,11)12)29-38-37-28-36(46(7,8)9)26-21-33(37)27-39(38)42(43)30-15-13-14-16-30;;;/h13-15,17-26,28-29H,16H2,1-12H3;2*1H;/q;;;+2/p-2. The maximum absolute atomic E-state index is 2.58. The molecule has 0 bridgehead atoms. The maximum atomic E-state index is 2.58. The Hall–Kier alpha value is -2.44. The van der Waals surface area contributed by atoms with Crippen molar-refractivity contribution >= 4 is 14.4 Å². The van der Waals surface area contributed by atoms with Crippen molar-refractivity contribution in [3.8, 4) is 0 Å². The van der Waals surface area contributed by atoms with Gasteiger partial charge < -0.3 is 24.8 Å². The molecule has 0 aromatic heterocycles. The molecular formula is C47H53Cl2Zr. The van der Waals surface area contributed by atoms with Gasteiger partial charge >= 0.3 is 307 Å². The van der Waals surface area contributed by atoms with Gasteiger partial charge in [0.15, 0.2) is 0 Å². The molecule has 259 valence electrons. The first-order valence-corrected chi connectivity index (χ1v) is 18.9. The smallest absolute Gasteiger partial charge is 1.00 e. The van der Waals surface area contributed by atoms with Crippen molar-refractivity contribution in [3.05, 3.63) is 156 Å². The molecule has 0 heterocycles. The Bertz CT molecular complexity index is 2140. The summed E-state index contributed by atoms with van der Waals surface area (Å²) in [4.78, 5) is 0. The van der Waals surface area contributed by atoms with Crippen LogP contribution in [0.4, 0.5) is 0 Å². The second-order valence-corrected chi connectivity index (χ2v) is 19.3. The Morgan fingerprint density at radius 3 is 1.42 bits per heavy atom. The van der Waals surface area contributed by atoms with Crippen molar-refractivity contribution in [1.82, 2.24) is 0 Å². The SMILES string of the molecule is CC(C)(C)c1ccc(C(c2ccc(C(C)(C)C)cc2)=c2c(C(C)(C)C)cc3c(c2C2=CC=CC2)[C]([Zr+2])=c2ccc(C(C)(C)C)cc2=3)cc1.[Cl-].[Cl-]. The minimum Gasteiger partial charge on any atom is -1.00 e. The van der Waals surface area contributed by atoms with Crippen LogP contribution in [-0.2, 0) is 46.4 Å². The molecule has 2 aliphatic rings. The van der Waals surface area contributed by atoms with E-state index in [1.165, 1.54) is 105 Å². The molecule has 6 rings (SSSR count). The minimum absolute atomic E-state index is 0. The van der Waals surface area contributed by atoms with E-state index in [9.17, 15) is 0 Å². The Morgan fingerprint density at radius 1 is 0.520 bits per heavy atom. The van der Waals surface area contributed by atoms with Gasteiger partial charge in [-0.25, -0.2) is 0 Å². The van der Waals surface area contributed by atoms with Crippen LogP contribution in [0.15, 0.2) is 91.0 Å². The van der Waals surface area contributed by atoms with Gasteiger partial charge in [-0.15, -0.1) is 0 Å². The predicted molar refractivity (Wildman–Crippen MR) is 203 cm³/mol.